The lowest BCUT2D eigenvalue weighted by Gasteiger charge is -2.28. The van der Waals surface area contributed by atoms with E-state index in [1.54, 1.807) is 37.1 Å². The molecule has 0 atom stereocenters. The second kappa shape index (κ2) is 24.6. The van der Waals surface area contributed by atoms with Gasteiger partial charge in [-0.2, -0.15) is 19.7 Å². The average molecular weight is 1200 g/mol. The van der Waals surface area contributed by atoms with Crippen LogP contribution >= 0.6 is 11.6 Å². The van der Waals surface area contributed by atoms with Crippen LogP contribution in [0.4, 0.5) is 21.8 Å². The number of aromatic nitrogens is 15. The quantitative estimate of drug-likeness (QED) is 0.114. The van der Waals surface area contributed by atoms with Gasteiger partial charge in [-0.1, -0.05) is 41.0 Å². The topological polar surface area (TPSA) is 253 Å². The molecule has 0 unspecified atom stereocenters. The maximum Gasteiger partial charge on any atom is 0.220 e. The molecule has 3 saturated heterocycles. The van der Waals surface area contributed by atoms with Crippen molar-refractivity contribution < 1.29 is 23.1 Å². The highest BCUT2D eigenvalue weighted by Crippen LogP contribution is 2.41. The summed E-state index contributed by atoms with van der Waals surface area (Å²) >= 11 is 6.12. The zero-order chi connectivity index (χ0) is 59.5. The lowest BCUT2D eigenvalue weighted by Crippen LogP contribution is -2.36. The molecule has 0 radical (unpaired) electrons. The number of nitrogens with zero attached hydrogens (tertiary/aromatic N) is 15. The molecule has 88 heavy (non-hydrogen) atoms. The Morgan fingerprint density at radius 2 is 0.909 bits per heavy atom. The fourth-order valence-electron chi connectivity index (χ4n) is 11.5. The summed E-state index contributed by atoms with van der Waals surface area (Å²) < 4.78 is 36.7. The number of halogens is 2. The van der Waals surface area contributed by atoms with Crippen LogP contribution in [0.1, 0.15) is 11.5 Å². The Bertz CT molecular complexity index is 4580. The summed E-state index contributed by atoms with van der Waals surface area (Å²) in [5.74, 6) is 2.75. The number of fused-ring (bicyclic) bond motifs is 4. The molecule has 0 amide bonds. The normalized spacial score (nSPS) is 14.5. The number of H-pyrrole nitrogens is 3. The maximum atomic E-state index is 14.7. The minimum atomic E-state index is -0.588. The molecule has 1 aromatic carbocycles. The molecule has 3 aliphatic heterocycles. The molecule has 15 heterocycles. The van der Waals surface area contributed by atoms with Crippen molar-refractivity contribution in [3.63, 3.8) is 0 Å². The summed E-state index contributed by atoms with van der Waals surface area (Å²) in [6.45, 7) is 12.6. The number of pyridine rings is 8. The van der Waals surface area contributed by atoms with Crippen LogP contribution < -0.4 is 14.7 Å². The predicted octanol–water partition coefficient (Wildman–Crippen LogP) is 10.9. The largest absolute Gasteiger partial charge is 0.378 e. The van der Waals surface area contributed by atoms with Gasteiger partial charge < -0.3 is 33.4 Å². The zero-order valence-corrected chi connectivity index (χ0v) is 48.6. The number of rotatable bonds is 9. The van der Waals surface area contributed by atoms with Crippen LogP contribution in [0.25, 0.3) is 111 Å². The minimum absolute atomic E-state index is 0.321. The Balaban J connectivity index is 0.000000116. The van der Waals surface area contributed by atoms with Crippen LogP contribution in [-0.2, 0) is 14.2 Å². The molecule has 13 aromatic rings. The number of para-hydroxylation sites is 1. The van der Waals surface area contributed by atoms with Crippen molar-refractivity contribution in [2.24, 2.45) is 0 Å². The van der Waals surface area contributed by atoms with Gasteiger partial charge >= 0.3 is 0 Å². The predicted molar refractivity (Wildman–Crippen MR) is 334 cm³/mol. The number of morpholine rings is 3. The van der Waals surface area contributed by atoms with Crippen molar-refractivity contribution in [1.29, 1.82) is 0 Å². The summed E-state index contributed by atoms with van der Waals surface area (Å²) in [6, 6.07) is 29.6. The molecular weight excluding hydrogens is 1140 g/mol. The van der Waals surface area contributed by atoms with Gasteiger partial charge in [0.25, 0.3) is 0 Å². The van der Waals surface area contributed by atoms with E-state index >= 15 is 0 Å². The Hall–Kier alpha value is -10.2. The highest BCUT2D eigenvalue weighted by molar-refractivity contribution is 6.30. The summed E-state index contributed by atoms with van der Waals surface area (Å²) in [5, 5.41) is 29.6. The van der Waals surface area contributed by atoms with Crippen molar-refractivity contribution in [1.82, 2.24) is 75.6 Å². The number of anilines is 3. The second-order valence-electron chi connectivity index (χ2n) is 21.0. The van der Waals surface area contributed by atoms with Crippen LogP contribution in [0.15, 0.2) is 145 Å². The highest BCUT2D eigenvalue weighted by Gasteiger charge is 2.25. The smallest absolute Gasteiger partial charge is 0.220 e. The van der Waals surface area contributed by atoms with Crippen LogP contribution in [0.2, 0.25) is 5.02 Å². The Morgan fingerprint density at radius 3 is 1.36 bits per heavy atom. The van der Waals surface area contributed by atoms with E-state index in [2.05, 4.69) is 107 Å². The molecule has 12 aromatic heterocycles. The molecular formula is C64H56ClFN18O4. The lowest BCUT2D eigenvalue weighted by molar-refractivity contribution is 0.122. The third-order valence-corrected chi connectivity index (χ3v) is 15.9. The van der Waals surface area contributed by atoms with Gasteiger partial charge in [-0.05, 0) is 91.7 Å². The van der Waals surface area contributed by atoms with Crippen LogP contribution in [0, 0.1) is 19.8 Å². The second-order valence-corrected chi connectivity index (χ2v) is 21.5. The van der Waals surface area contributed by atoms with Gasteiger partial charge in [0.15, 0.2) is 0 Å². The molecule has 3 N–H and O–H groups in total. The van der Waals surface area contributed by atoms with Gasteiger partial charge in [0, 0.05) is 133 Å². The van der Waals surface area contributed by atoms with E-state index < -0.39 is 5.95 Å². The Kier molecular flexibility index (Phi) is 15.6. The fraction of sp³-hybridized carbons (Fsp3) is 0.219. The number of benzene rings is 1. The first-order valence-electron chi connectivity index (χ1n) is 28.8. The number of aryl methyl sites for hydroxylation is 2. The van der Waals surface area contributed by atoms with Crippen molar-refractivity contribution >= 4 is 72.7 Å². The highest BCUT2D eigenvalue weighted by atomic mass is 35.5. The Labute approximate surface area is 507 Å². The standard InChI is InChI=1S/C24H20N6O.C20H16ClFN6O.C20H20N6O2/c1-3-16-4-2-8-25-22(16)17(5-1)19-15-21(30-11-13-31-14-12-30)28-23-18(19)6-9-26-24(23)20-7-10-27-29-20;21-12-9-15(20(22)24-11-12)14-10-17(28-5-7-29-8-6-28)26-18-13(14)1-3-23-19(18)16-2-4-25-27-16;1-12-18(13(2)28-25-12)15-11-17(26-7-9-27-10-8-26)23-19-14(15)3-5-21-20(19)16-4-6-22-24-16/h1-10,15H,11-14H2,(H,27,29);1-4,9-11H,5-8H2,(H,25,27);3-6,11H,7-10H2,1-2H3,(H,22,24). The van der Waals surface area contributed by atoms with E-state index in [-0.39, 0.29) is 0 Å². The summed E-state index contributed by atoms with van der Waals surface area (Å²) in [4.78, 5) is 43.8. The van der Waals surface area contributed by atoms with Gasteiger partial charge in [-0.15, -0.1) is 0 Å². The van der Waals surface area contributed by atoms with Gasteiger partial charge in [-0.25, -0.2) is 19.9 Å². The van der Waals surface area contributed by atoms with E-state index in [4.69, 9.17) is 50.3 Å². The third kappa shape index (κ3) is 11.1. The number of ether oxygens (including phenoxy) is 3. The molecule has 0 bridgehead atoms. The van der Waals surface area contributed by atoms with Crippen molar-refractivity contribution in [2.75, 3.05) is 93.6 Å². The van der Waals surface area contributed by atoms with E-state index in [1.165, 1.54) is 6.20 Å². The molecule has 3 fully saturated rings. The number of hydrogen-bond acceptors (Lipinski definition) is 19. The van der Waals surface area contributed by atoms with Gasteiger partial charge in [-0.3, -0.25) is 35.2 Å². The molecule has 24 heteroatoms. The molecule has 22 nitrogen and oxygen atoms in total. The molecule has 16 rings (SSSR count). The Morgan fingerprint density at radius 1 is 0.455 bits per heavy atom. The minimum Gasteiger partial charge on any atom is -0.378 e. The summed E-state index contributed by atoms with van der Waals surface area (Å²) in [5.41, 5.74) is 14.0. The number of aromatic amines is 3. The van der Waals surface area contributed by atoms with Crippen molar-refractivity contribution in [3.05, 3.63) is 163 Å². The average Bonchev–Trinajstić information content (AvgIpc) is 1.26. The monoisotopic (exact) mass is 1190 g/mol. The van der Waals surface area contributed by atoms with Crippen LogP contribution in [0.3, 0.4) is 0 Å². The van der Waals surface area contributed by atoms with E-state index in [9.17, 15) is 4.39 Å². The van der Waals surface area contributed by atoms with Crippen molar-refractivity contribution in [2.45, 2.75) is 13.8 Å². The van der Waals surface area contributed by atoms with E-state index in [0.29, 0.717) is 80.1 Å². The first kappa shape index (κ1) is 55.7. The third-order valence-electron chi connectivity index (χ3n) is 15.7. The fourth-order valence-corrected chi connectivity index (χ4v) is 11.6. The molecule has 0 saturated carbocycles. The van der Waals surface area contributed by atoms with E-state index in [1.807, 2.05) is 74.8 Å². The first-order valence-corrected chi connectivity index (χ1v) is 29.1. The number of hydrogen-bond donors (Lipinski definition) is 3. The lowest BCUT2D eigenvalue weighted by atomic mass is 9.97. The SMILES string of the molecule is Cc1noc(C)c1-c1cc(N2CCOCC2)nc2c(-c3ccn[nH]3)nccc12.Fc1ncc(Cl)cc1-c1cc(N2CCOCC2)nc2c(-c3ccn[nH]3)nccc12.c1cnc2c(-c3cc(N4CCOCC4)nc4c(-c5ccn[nH]5)nccc34)cccc2c1. The van der Waals surface area contributed by atoms with Crippen molar-refractivity contribution in [3.8, 4) is 67.5 Å². The zero-order valence-electron chi connectivity index (χ0n) is 47.9. The van der Waals surface area contributed by atoms with Gasteiger partial charge in [0.1, 0.15) is 56.8 Å². The molecule has 3 aliphatic rings. The van der Waals surface area contributed by atoms with Gasteiger partial charge in [0.05, 0.1) is 73.0 Å². The molecule has 0 aliphatic carbocycles. The maximum absolute atomic E-state index is 14.7. The van der Waals surface area contributed by atoms with E-state index in [0.717, 1.165) is 144 Å². The number of nitrogens with one attached hydrogen (secondary N) is 3. The van der Waals surface area contributed by atoms with Gasteiger partial charge in [0.2, 0.25) is 5.95 Å². The summed E-state index contributed by atoms with van der Waals surface area (Å²) in [6.07, 6.45) is 13.6. The molecule has 440 valence electrons. The van der Waals surface area contributed by atoms with Crippen LogP contribution in [-0.4, -0.2) is 155 Å². The summed E-state index contributed by atoms with van der Waals surface area (Å²) in [7, 11) is 0. The van der Waals surface area contributed by atoms with Crippen LogP contribution in [0.5, 0.6) is 0 Å². The first-order chi connectivity index (χ1) is 43.3. The molecule has 0 spiro atoms.